The summed E-state index contributed by atoms with van der Waals surface area (Å²) >= 11 is 11.9. The molecule has 0 fully saturated rings. The molecule has 0 saturated heterocycles. The van der Waals surface area contributed by atoms with Crippen LogP contribution in [0.5, 0.6) is 11.5 Å². The zero-order valence-electron chi connectivity index (χ0n) is 10.3. The molecule has 0 saturated carbocycles. The Labute approximate surface area is 117 Å². The Bertz CT molecular complexity index is 564. The fourth-order valence-corrected chi connectivity index (χ4v) is 2.15. The van der Waals surface area contributed by atoms with Crippen LogP contribution in [0.25, 0.3) is 0 Å². The van der Waals surface area contributed by atoms with Gasteiger partial charge in [-0.3, -0.25) is 0 Å². The summed E-state index contributed by atoms with van der Waals surface area (Å²) in [4.78, 5) is 0. The zero-order valence-corrected chi connectivity index (χ0v) is 11.8. The van der Waals surface area contributed by atoms with Crippen molar-refractivity contribution in [3.63, 3.8) is 0 Å². The van der Waals surface area contributed by atoms with E-state index in [0.29, 0.717) is 16.7 Å². The summed E-state index contributed by atoms with van der Waals surface area (Å²) in [5.74, 6) is 1.96. The normalized spacial score (nSPS) is 10.4. The van der Waals surface area contributed by atoms with Crippen molar-refractivity contribution in [2.75, 3.05) is 0 Å². The number of halogens is 2. The van der Waals surface area contributed by atoms with E-state index in [1.807, 2.05) is 50.2 Å². The SMILES string of the molecule is Cc1ccc(Cl)c(Oc2ccc(CCl)c(C)c2)c1. The fourth-order valence-electron chi connectivity index (χ4n) is 1.70. The standard InChI is InChI=1S/C15H14Cl2O/c1-10-3-6-14(17)15(7-10)18-13-5-4-12(9-16)11(2)8-13/h3-8H,9H2,1-2H3. The predicted octanol–water partition coefficient (Wildman–Crippen LogP) is 5.49. The topological polar surface area (TPSA) is 9.23 Å². The van der Waals surface area contributed by atoms with E-state index >= 15 is 0 Å². The molecule has 0 amide bonds. The average molecular weight is 281 g/mol. The van der Waals surface area contributed by atoms with Crippen LogP contribution in [-0.2, 0) is 5.88 Å². The minimum absolute atomic E-state index is 0.511. The first-order valence-corrected chi connectivity index (χ1v) is 6.61. The lowest BCUT2D eigenvalue weighted by Crippen LogP contribution is -1.90. The second kappa shape index (κ2) is 5.64. The molecule has 0 aliphatic heterocycles. The molecule has 94 valence electrons. The van der Waals surface area contributed by atoms with Crippen LogP contribution in [0.1, 0.15) is 16.7 Å². The minimum Gasteiger partial charge on any atom is -0.456 e. The predicted molar refractivity (Wildman–Crippen MR) is 77.0 cm³/mol. The first-order chi connectivity index (χ1) is 8.60. The third-order valence-corrected chi connectivity index (χ3v) is 3.37. The van der Waals surface area contributed by atoms with Gasteiger partial charge in [0.2, 0.25) is 0 Å². The lowest BCUT2D eigenvalue weighted by Gasteiger charge is -2.10. The van der Waals surface area contributed by atoms with Crippen LogP contribution in [0.3, 0.4) is 0 Å². The van der Waals surface area contributed by atoms with Gasteiger partial charge in [-0.15, -0.1) is 11.6 Å². The summed E-state index contributed by atoms with van der Waals surface area (Å²) in [5, 5.41) is 0.611. The van der Waals surface area contributed by atoms with Crippen LogP contribution in [0.4, 0.5) is 0 Å². The highest BCUT2D eigenvalue weighted by molar-refractivity contribution is 6.32. The Morgan fingerprint density at radius 1 is 1.06 bits per heavy atom. The van der Waals surface area contributed by atoms with Crippen LogP contribution < -0.4 is 4.74 Å². The molecule has 0 unspecified atom stereocenters. The summed E-state index contributed by atoms with van der Waals surface area (Å²) in [7, 11) is 0. The Balaban J connectivity index is 2.28. The molecule has 0 aromatic heterocycles. The molecular weight excluding hydrogens is 267 g/mol. The number of alkyl halides is 1. The fraction of sp³-hybridized carbons (Fsp3) is 0.200. The molecule has 2 aromatic carbocycles. The summed E-state index contributed by atoms with van der Waals surface area (Å²) in [6.45, 7) is 4.02. The van der Waals surface area contributed by atoms with Crippen molar-refractivity contribution in [1.82, 2.24) is 0 Å². The summed E-state index contributed by atoms with van der Waals surface area (Å²) < 4.78 is 5.80. The molecule has 0 spiro atoms. The Morgan fingerprint density at radius 3 is 2.50 bits per heavy atom. The molecule has 0 aliphatic rings. The van der Waals surface area contributed by atoms with Crippen molar-refractivity contribution in [2.45, 2.75) is 19.7 Å². The van der Waals surface area contributed by atoms with E-state index in [1.165, 1.54) is 0 Å². The van der Waals surface area contributed by atoms with Gasteiger partial charge in [0.05, 0.1) is 5.02 Å². The van der Waals surface area contributed by atoms with Gasteiger partial charge in [-0.25, -0.2) is 0 Å². The van der Waals surface area contributed by atoms with Crippen LogP contribution in [-0.4, -0.2) is 0 Å². The second-order valence-corrected chi connectivity index (χ2v) is 4.93. The third-order valence-electron chi connectivity index (χ3n) is 2.77. The van der Waals surface area contributed by atoms with E-state index in [4.69, 9.17) is 27.9 Å². The number of aryl methyl sites for hydroxylation is 2. The van der Waals surface area contributed by atoms with Crippen molar-refractivity contribution in [3.05, 3.63) is 58.1 Å². The highest BCUT2D eigenvalue weighted by Crippen LogP contribution is 2.31. The Morgan fingerprint density at radius 2 is 1.83 bits per heavy atom. The van der Waals surface area contributed by atoms with E-state index in [0.717, 1.165) is 22.4 Å². The van der Waals surface area contributed by atoms with E-state index < -0.39 is 0 Å². The molecule has 0 atom stereocenters. The molecule has 3 heteroatoms. The van der Waals surface area contributed by atoms with Gasteiger partial charge < -0.3 is 4.74 Å². The lowest BCUT2D eigenvalue weighted by molar-refractivity contribution is 0.482. The molecule has 0 radical (unpaired) electrons. The first-order valence-electron chi connectivity index (χ1n) is 5.69. The largest absolute Gasteiger partial charge is 0.456 e. The Kier molecular flexibility index (Phi) is 4.15. The minimum atomic E-state index is 0.511. The van der Waals surface area contributed by atoms with Crippen molar-refractivity contribution in [2.24, 2.45) is 0 Å². The van der Waals surface area contributed by atoms with Crippen LogP contribution in [0.15, 0.2) is 36.4 Å². The summed E-state index contributed by atoms with van der Waals surface area (Å²) in [6.07, 6.45) is 0. The number of rotatable bonds is 3. The molecule has 0 bridgehead atoms. The average Bonchev–Trinajstić information content (AvgIpc) is 2.34. The second-order valence-electron chi connectivity index (χ2n) is 4.26. The molecular formula is C15H14Cl2O. The Hall–Kier alpha value is -1.18. The molecule has 2 aromatic rings. The van der Waals surface area contributed by atoms with E-state index in [1.54, 1.807) is 0 Å². The van der Waals surface area contributed by atoms with Gasteiger partial charge in [0.1, 0.15) is 11.5 Å². The molecule has 1 nitrogen and oxygen atoms in total. The van der Waals surface area contributed by atoms with Crippen molar-refractivity contribution >= 4 is 23.2 Å². The van der Waals surface area contributed by atoms with E-state index in [2.05, 4.69) is 0 Å². The smallest absolute Gasteiger partial charge is 0.146 e. The van der Waals surface area contributed by atoms with Gasteiger partial charge in [-0.1, -0.05) is 23.7 Å². The van der Waals surface area contributed by atoms with Crippen LogP contribution >= 0.6 is 23.2 Å². The van der Waals surface area contributed by atoms with Gasteiger partial charge in [-0.05, 0) is 54.8 Å². The molecule has 0 aliphatic carbocycles. The van der Waals surface area contributed by atoms with Crippen molar-refractivity contribution in [3.8, 4) is 11.5 Å². The van der Waals surface area contributed by atoms with Crippen molar-refractivity contribution < 1.29 is 4.74 Å². The third kappa shape index (κ3) is 2.98. The molecule has 2 rings (SSSR count). The maximum atomic E-state index is 6.10. The molecule has 0 heterocycles. The summed E-state index contributed by atoms with van der Waals surface area (Å²) in [6, 6.07) is 11.6. The summed E-state index contributed by atoms with van der Waals surface area (Å²) in [5.41, 5.74) is 3.34. The quantitative estimate of drug-likeness (QED) is 0.676. The zero-order chi connectivity index (χ0) is 13.1. The first kappa shape index (κ1) is 13.3. The van der Waals surface area contributed by atoms with Gasteiger partial charge in [0.25, 0.3) is 0 Å². The van der Waals surface area contributed by atoms with Crippen molar-refractivity contribution in [1.29, 1.82) is 0 Å². The maximum Gasteiger partial charge on any atom is 0.146 e. The maximum absolute atomic E-state index is 6.10. The highest BCUT2D eigenvalue weighted by atomic mass is 35.5. The lowest BCUT2D eigenvalue weighted by atomic mass is 10.1. The van der Waals surface area contributed by atoms with E-state index in [9.17, 15) is 0 Å². The highest BCUT2D eigenvalue weighted by Gasteiger charge is 2.05. The number of ether oxygens (including phenoxy) is 1. The van der Waals surface area contributed by atoms with Gasteiger partial charge in [0.15, 0.2) is 0 Å². The number of hydrogen-bond donors (Lipinski definition) is 0. The number of hydrogen-bond acceptors (Lipinski definition) is 1. The number of benzene rings is 2. The molecule has 18 heavy (non-hydrogen) atoms. The monoisotopic (exact) mass is 280 g/mol. The van der Waals surface area contributed by atoms with Crippen LogP contribution in [0, 0.1) is 13.8 Å². The molecule has 0 N–H and O–H groups in total. The van der Waals surface area contributed by atoms with Gasteiger partial charge in [0, 0.05) is 5.88 Å². The van der Waals surface area contributed by atoms with Gasteiger partial charge in [-0.2, -0.15) is 0 Å². The van der Waals surface area contributed by atoms with E-state index in [-0.39, 0.29) is 0 Å². The van der Waals surface area contributed by atoms with Crippen LogP contribution in [0.2, 0.25) is 5.02 Å². The van der Waals surface area contributed by atoms with Gasteiger partial charge >= 0.3 is 0 Å².